The molecule has 0 bridgehead atoms. The molecular weight excluding hydrogens is 306 g/mol. The van der Waals surface area contributed by atoms with Crippen LogP contribution in [0.3, 0.4) is 0 Å². The molecule has 1 aromatic heterocycles. The maximum absolute atomic E-state index is 11.8. The van der Waals surface area contributed by atoms with Gasteiger partial charge >= 0.3 is 0 Å². The SMILES string of the molecule is Cc1ccc(NCc2cnc(Cl)s2)cc1NC(=O)C(C)C. The third-order valence-electron chi connectivity index (χ3n) is 3.01. The van der Waals surface area contributed by atoms with Gasteiger partial charge in [0.15, 0.2) is 4.47 Å². The lowest BCUT2D eigenvalue weighted by molar-refractivity contribution is -0.118. The highest BCUT2D eigenvalue weighted by Gasteiger charge is 2.09. The summed E-state index contributed by atoms with van der Waals surface area (Å²) in [5, 5.41) is 6.25. The number of aryl methyl sites for hydroxylation is 1. The standard InChI is InChI=1S/C15H18ClN3OS/c1-9(2)14(20)19-13-6-11(5-4-10(13)3)17-7-12-8-18-15(16)21-12/h4-6,8-9,17H,7H2,1-3H3,(H,19,20). The summed E-state index contributed by atoms with van der Waals surface area (Å²) in [5.41, 5.74) is 2.82. The van der Waals surface area contributed by atoms with Crippen LogP contribution in [0.1, 0.15) is 24.3 Å². The quantitative estimate of drug-likeness (QED) is 0.862. The molecule has 1 heterocycles. The van der Waals surface area contributed by atoms with E-state index in [4.69, 9.17) is 11.6 Å². The van der Waals surface area contributed by atoms with Crippen molar-refractivity contribution < 1.29 is 4.79 Å². The Bertz CT molecular complexity index is 640. The van der Waals surface area contributed by atoms with Gasteiger partial charge in [-0.2, -0.15) is 0 Å². The van der Waals surface area contributed by atoms with Crippen LogP contribution in [0.2, 0.25) is 4.47 Å². The van der Waals surface area contributed by atoms with Gasteiger partial charge in [0.25, 0.3) is 0 Å². The highest BCUT2D eigenvalue weighted by atomic mass is 35.5. The van der Waals surface area contributed by atoms with Crippen molar-refractivity contribution in [1.82, 2.24) is 4.98 Å². The van der Waals surface area contributed by atoms with E-state index in [1.807, 2.05) is 39.0 Å². The van der Waals surface area contributed by atoms with Gasteiger partial charge in [-0.05, 0) is 24.6 Å². The smallest absolute Gasteiger partial charge is 0.226 e. The predicted molar refractivity (Wildman–Crippen MR) is 89.1 cm³/mol. The van der Waals surface area contributed by atoms with E-state index in [9.17, 15) is 4.79 Å². The largest absolute Gasteiger partial charge is 0.380 e. The van der Waals surface area contributed by atoms with Crippen LogP contribution in [0.5, 0.6) is 0 Å². The third kappa shape index (κ3) is 4.44. The molecule has 2 rings (SSSR count). The van der Waals surface area contributed by atoms with Crippen molar-refractivity contribution in [1.29, 1.82) is 0 Å². The van der Waals surface area contributed by atoms with E-state index in [1.165, 1.54) is 11.3 Å². The van der Waals surface area contributed by atoms with E-state index < -0.39 is 0 Å². The van der Waals surface area contributed by atoms with Crippen LogP contribution in [-0.4, -0.2) is 10.9 Å². The zero-order valence-electron chi connectivity index (χ0n) is 12.2. The average Bonchev–Trinajstić information content (AvgIpc) is 2.85. The van der Waals surface area contributed by atoms with Crippen LogP contribution in [0.25, 0.3) is 0 Å². The van der Waals surface area contributed by atoms with Gasteiger partial charge in [0.05, 0.1) is 6.54 Å². The van der Waals surface area contributed by atoms with Gasteiger partial charge in [0.1, 0.15) is 0 Å². The molecule has 0 saturated heterocycles. The summed E-state index contributed by atoms with van der Waals surface area (Å²) in [6.45, 7) is 6.38. The van der Waals surface area contributed by atoms with E-state index >= 15 is 0 Å². The highest BCUT2D eigenvalue weighted by Crippen LogP contribution is 2.23. The van der Waals surface area contributed by atoms with E-state index in [-0.39, 0.29) is 11.8 Å². The first-order valence-corrected chi connectivity index (χ1v) is 7.90. The molecule has 0 aliphatic rings. The number of nitrogens with zero attached hydrogens (tertiary/aromatic N) is 1. The lowest BCUT2D eigenvalue weighted by Crippen LogP contribution is -2.18. The van der Waals surface area contributed by atoms with Crippen molar-refractivity contribution in [2.75, 3.05) is 10.6 Å². The minimum atomic E-state index is -0.0413. The fraction of sp³-hybridized carbons (Fsp3) is 0.333. The minimum absolute atomic E-state index is 0.0180. The molecule has 0 aliphatic heterocycles. The molecule has 6 heteroatoms. The Labute approximate surface area is 133 Å². The van der Waals surface area contributed by atoms with Crippen molar-refractivity contribution in [3.8, 4) is 0 Å². The molecule has 0 unspecified atom stereocenters. The van der Waals surface area contributed by atoms with E-state index in [0.717, 1.165) is 21.8 Å². The number of hydrogen-bond acceptors (Lipinski definition) is 4. The van der Waals surface area contributed by atoms with Gasteiger partial charge in [-0.25, -0.2) is 4.98 Å². The fourth-order valence-electron chi connectivity index (χ4n) is 1.70. The molecule has 2 aromatic rings. The number of anilines is 2. The number of nitrogens with one attached hydrogen (secondary N) is 2. The summed E-state index contributed by atoms with van der Waals surface area (Å²) >= 11 is 7.26. The molecular formula is C15H18ClN3OS. The number of hydrogen-bond donors (Lipinski definition) is 2. The molecule has 0 radical (unpaired) electrons. The van der Waals surface area contributed by atoms with Crippen molar-refractivity contribution >= 4 is 40.2 Å². The lowest BCUT2D eigenvalue weighted by atomic mass is 10.1. The maximum Gasteiger partial charge on any atom is 0.226 e. The van der Waals surface area contributed by atoms with Gasteiger partial charge in [0, 0.05) is 28.4 Å². The second-order valence-corrected chi connectivity index (χ2v) is 6.80. The Hall–Kier alpha value is -1.59. The molecule has 0 aliphatic carbocycles. The monoisotopic (exact) mass is 323 g/mol. The van der Waals surface area contributed by atoms with Crippen molar-refractivity contribution in [3.63, 3.8) is 0 Å². The van der Waals surface area contributed by atoms with E-state index in [2.05, 4.69) is 15.6 Å². The third-order valence-corrected chi connectivity index (χ3v) is 4.13. The zero-order valence-corrected chi connectivity index (χ0v) is 13.8. The minimum Gasteiger partial charge on any atom is -0.380 e. The van der Waals surface area contributed by atoms with Crippen LogP contribution >= 0.6 is 22.9 Å². The zero-order chi connectivity index (χ0) is 15.4. The van der Waals surface area contributed by atoms with Crippen LogP contribution in [0, 0.1) is 12.8 Å². The first kappa shape index (κ1) is 15.8. The number of benzene rings is 1. The molecule has 1 aromatic carbocycles. The summed E-state index contributed by atoms with van der Waals surface area (Å²) in [7, 11) is 0. The average molecular weight is 324 g/mol. The van der Waals surface area contributed by atoms with Crippen LogP contribution in [-0.2, 0) is 11.3 Å². The first-order valence-electron chi connectivity index (χ1n) is 6.71. The highest BCUT2D eigenvalue weighted by molar-refractivity contribution is 7.15. The molecule has 0 atom stereocenters. The second kappa shape index (κ2) is 6.91. The molecule has 2 N–H and O–H groups in total. The fourth-order valence-corrected chi connectivity index (χ4v) is 2.62. The van der Waals surface area contributed by atoms with Crippen molar-refractivity contribution in [3.05, 3.63) is 39.3 Å². The van der Waals surface area contributed by atoms with Gasteiger partial charge in [-0.3, -0.25) is 4.79 Å². The van der Waals surface area contributed by atoms with Gasteiger partial charge in [-0.15, -0.1) is 11.3 Å². The Morgan fingerprint density at radius 1 is 1.43 bits per heavy atom. The second-order valence-electron chi connectivity index (χ2n) is 5.11. The molecule has 0 saturated carbocycles. The number of rotatable bonds is 5. The first-order chi connectivity index (χ1) is 9.95. The Kier molecular flexibility index (Phi) is 5.20. The van der Waals surface area contributed by atoms with Crippen molar-refractivity contribution in [2.45, 2.75) is 27.3 Å². The van der Waals surface area contributed by atoms with E-state index in [0.29, 0.717) is 11.0 Å². The number of halogens is 1. The molecule has 112 valence electrons. The van der Waals surface area contributed by atoms with Crippen LogP contribution in [0.4, 0.5) is 11.4 Å². The summed E-state index contributed by atoms with van der Waals surface area (Å²) in [4.78, 5) is 16.9. The number of amides is 1. The molecule has 21 heavy (non-hydrogen) atoms. The Balaban J connectivity index is 2.05. The Morgan fingerprint density at radius 2 is 2.19 bits per heavy atom. The van der Waals surface area contributed by atoms with E-state index in [1.54, 1.807) is 6.20 Å². The molecule has 1 amide bonds. The van der Waals surface area contributed by atoms with Gasteiger partial charge in [-0.1, -0.05) is 31.5 Å². The number of thiazole rings is 1. The maximum atomic E-state index is 11.8. The molecule has 4 nitrogen and oxygen atoms in total. The summed E-state index contributed by atoms with van der Waals surface area (Å²) in [6, 6.07) is 5.92. The normalized spacial score (nSPS) is 10.7. The summed E-state index contributed by atoms with van der Waals surface area (Å²) < 4.78 is 0.542. The topological polar surface area (TPSA) is 54.0 Å². The Morgan fingerprint density at radius 3 is 2.81 bits per heavy atom. The lowest BCUT2D eigenvalue weighted by Gasteiger charge is -2.13. The predicted octanol–water partition coefficient (Wildman–Crippen LogP) is 4.31. The van der Waals surface area contributed by atoms with Gasteiger partial charge in [0.2, 0.25) is 5.91 Å². The van der Waals surface area contributed by atoms with Gasteiger partial charge < -0.3 is 10.6 Å². The number of aromatic nitrogens is 1. The number of carbonyl (C=O) groups excluding carboxylic acids is 1. The summed E-state index contributed by atoms with van der Waals surface area (Å²) in [5.74, 6) is -0.0233. The molecule has 0 fully saturated rings. The summed E-state index contributed by atoms with van der Waals surface area (Å²) in [6.07, 6.45) is 1.76. The van der Waals surface area contributed by atoms with Crippen molar-refractivity contribution in [2.24, 2.45) is 5.92 Å². The molecule has 0 spiro atoms. The van der Waals surface area contributed by atoms with Crippen LogP contribution in [0.15, 0.2) is 24.4 Å². The van der Waals surface area contributed by atoms with Crippen LogP contribution < -0.4 is 10.6 Å². The number of carbonyl (C=O) groups is 1.